The van der Waals surface area contributed by atoms with Gasteiger partial charge in [-0.25, -0.2) is 0 Å². The summed E-state index contributed by atoms with van der Waals surface area (Å²) in [5.74, 6) is -0.925. The van der Waals surface area contributed by atoms with Crippen molar-refractivity contribution in [2.75, 3.05) is 13.1 Å². The number of aromatic hydroxyl groups is 1. The fraction of sp³-hybridized carbons (Fsp3) is 0.316. The second kappa shape index (κ2) is 8.96. The Bertz CT molecular complexity index is 771. The highest BCUT2D eigenvalue weighted by molar-refractivity contribution is 5.95. The molecule has 138 valence electrons. The van der Waals surface area contributed by atoms with E-state index in [0.29, 0.717) is 6.54 Å². The largest absolute Gasteiger partial charge is 0.502 e. The van der Waals surface area contributed by atoms with Crippen molar-refractivity contribution in [3.63, 3.8) is 0 Å². The third-order valence-electron chi connectivity index (χ3n) is 4.21. The summed E-state index contributed by atoms with van der Waals surface area (Å²) in [5, 5.41) is 23.0. The standard InChI is InChI=1S/C19H23N3O4/c1-3-21(4-2)13-15-7-5-14(6-8-15)12-20-19(24)16-9-10-17(22(25)26)18(23)11-16/h5-11,23H,3-4,12-13H2,1-2H3,(H,20,24). The Morgan fingerprint density at radius 1 is 1.12 bits per heavy atom. The lowest BCUT2D eigenvalue weighted by molar-refractivity contribution is -0.385. The first kappa shape index (κ1) is 19.4. The van der Waals surface area contributed by atoms with Crippen LogP contribution in [0.25, 0.3) is 0 Å². The van der Waals surface area contributed by atoms with Crippen LogP contribution in [0.4, 0.5) is 5.69 Å². The van der Waals surface area contributed by atoms with E-state index in [9.17, 15) is 20.0 Å². The van der Waals surface area contributed by atoms with Gasteiger partial charge in [-0.15, -0.1) is 0 Å². The van der Waals surface area contributed by atoms with Gasteiger partial charge in [0.15, 0.2) is 5.75 Å². The highest BCUT2D eigenvalue weighted by Gasteiger charge is 2.15. The molecule has 0 aliphatic carbocycles. The summed E-state index contributed by atoms with van der Waals surface area (Å²) >= 11 is 0. The molecule has 7 heteroatoms. The summed E-state index contributed by atoms with van der Waals surface area (Å²) in [6, 6.07) is 11.5. The Morgan fingerprint density at radius 3 is 2.27 bits per heavy atom. The summed E-state index contributed by atoms with van der Waals surface area (Å²) in [7, 11) is 0. The van der Waals surface area contributed by atoms with Crippen LogP contribution in [0.5, 0.6) is 5.75 Å². The SMILES string of the molecule is CCN(CC)Cc1ccc(CNC(=O)c2ccc([N+](=O)[O-])c(O)c2)cc1. The topological polar surface area (TPSA) is 95.7 Å². The molecule has 0 saturated heterocycles. The van der Waals surface area contributed by atoms with Crippen molar-refractivity contribution >= 4 is 11.6 Å². The molecule has 1 amide bonds. The van der Waals surface area contributed by atoms with Gasteiger partial charge in [-0.2, -0.15) is 0 Å². The third kappa shape index (κ3) is 5.03. The van der Waals surface area contributed by atoms with Crippen LogP contribution in [0.2, 0.25) is 0 Å². The van der Waals surface area contributed by atoms with Crippen molar-refractivity contribution in [3.05, 3.63) is 69.3 Å². The number of carbonyl (C=O) groups excluding carboxylic acids is 1. The van der Waals surface area contributed by atoms with Gasteiger partial charge in [-0.3, -0.25) is 19.8 Å². The van der Waals surface area contributed by atoms with E-state index in [1.807, 2.05) is 24.3 Å². The highest BCUT2D eigenvalue weighted by Crippen LogP contribution is 2.26. The molecule has 0 heterocycles. The predicted molar refractivity (Wildman–Crippen MR) is 99.0 cm³/mol. The summed E-state index contributed by atoms with van der Waals surface area (Å²) in [6.07, 6.45) is 0. The number of nitrogens with one attached hydrogen (secondary N) is 1. The Hall–Kier alpha value is -2.93. The van der Waals surface area contributed by atoms with E-state index >= 15 is 0 Å². The maximum atomic E-state index is 12.1. The number of hydrogen-bond acceptors (Lipinski definition) is 5. The second-order valence-electron chi connectivity index (χ2n) is 5.92. The molecule has 0 radical (unpaired) electrons. The Balaban J connectivity index is 1.95. The molecule has 7 nitrogen and oxygen atoms in total. The zero-order valence-corrected chi connectivity index (χ0v) is 14.9. The first-order valence-electron chi connectivity index (χ1n) is 8.50. The van der Waals surface area contributed by atoms with Crippen molar-refractivity contribution in [1.82, 2.24) is 10.2 Å². The van der Waals surface area contributed by atoms with Crippen LogP contribution in [-0.2, 0) is 13.1 Å². The molecule has 2 aromatic carbocycles. The maximum Gasteiger partial charge on any atom is 0.310 e. The lowest BCUT2D eigenvalue weighted by atomic mass is 10.1. The summed E-state index contributed by atoms with van der Waals surface area (Å²) in [6.45, 7) is 7.48. The lowest BCUT2D eigenvalue weighted by Gasteiger charge is -2.18. The molecule has 0 atom stereocenters. The molecule has 2 N–H and O–H groups in total. The van der Waals surface area contributed by atoms with Crippen LogP contribution < -0.4 is 5.32 Å². The fourth-order valence-corrected chi connectivity index (χ4v) is 2.57. The van der Waals surface area contributed by atoms with Crippen molar-refractivity contribution in [2.24, 2.45) is 0 Å². The van der Waals surface area contributed by atoms with Gasteiger partial charge in [0.1, 0.15) is 0 Å². The smallest absolute Gasteiger partial charge is 0.310 e. The molecule has 0 fully saturated rings. The van der Waals surface area contributed by atoms with Crippen LogP contribution in [0.15, 0.2) is 42.5 Å². The molecule has 0 spiro atoms. The monoisotopic (exact) mass is 357 g/mol. The molecule has 0 aromatic heterocycles. The molecule has 0 aliphatic heterocycles. The van der Waals surface area contributed by atoms with Gasteiger partial charge in [0.2, 0.25) is 0 Å². The third-order valence-corrected chi connectivity index (χ3v) is 4.21. The number of hydrogen-bond donors (Lipinski definition) is 2. The van der Waals surface area contributed by atoms with E-state index in [1.54, 1.807) is 0 Å². The number of phenols is 1. The quantitative estimate of drug-likeness (QED) is 0.559. The molecule has 26 heavy (non-hydrogen) atoms. The van der Waals surface area contributed by atoms with Crippen LogP contribution in [0.3, 0.4) is 0 Å². The average molecular weight is 357 g/mol. The van der Waals surface area contributed by atoms with Crippen LogP contribution in [0, 0.1) is 10.1 Å². The van der Waals surface area contributed by atoms with Gasteiger partial charge in [-0.1, -0.05) is 38.1 Å². The van der Waals surface area contributed by atoms with Gasteiger partial charge in [-0.05, 0) is 36.3 Å². The van der Waals surface area contributed by atoms with Crippen molar-refractivity contribution < 1.29 is 14.8 Å². The van der Waals surface area contributed by atoms with Crippen molar-refractivity contribution in [2.45, 2.75) is 26.9 Å². The number of phenolic OH excluding ortho intramolecular Hbond substituents is 1. The summed E-state index contributed by atoms with van der Waals surface area (Å²) < 4.78 is 0. The van der Waals surface area contributed by atoms with E-state index < -0.39 is 22.3 Å². The summed E-state index contributed by atoms with van der Waals surface area (Å²) in [4.78, 5) is 24.5. The Labute approximate surface area is 152 Å². The number of carbonyl (C=O) groups is 1. The Kier molecular flexibility index (Phi) is 6.68. The van der Waals surface area contributed by atoms with Crippen molar-refractivity contribution in [3.8, 4) is 5.75 Å². The minimum atomic E-state index is -0.698. The van der Waals surface area contributed by atoms with Crippen LogP contribution in [0.1, 0.15) is 35.3 Å². The minimum absolute atomic E-state index is 0.172. The number of rotatable bonds is 8. The van der Waals surface area contributed by atoms with Crippen LogP contribution in [-0.4, -0.2) is 33.9 Å². The first-order chi connectivity index (χ1) is 12.4. The predicted octanol–water partition coefficient (Wildman–Crippen LogP) is 3.07. The van der Waals surface area contributed by atoms with Crippen LogP contribution >= 0.6 is 0 Å². The molecular formula is C19H23N3O4. The van der Waals surface area contributed by atoms with Gasteiger partial charge >= 0.3 is 5.69 Å². The maximum absolute atomic E-state index is 12.1. The first-order valence-corrected chi connectivity index (χ1v) is 8.50. The number of benzene rings is 2. The number of nitrogens with zero attached hydrogens (tertiary/aromatic N) is 2. The van der Waals surface area contributed by atoms with E-state index in [1.165, 1.54) is 11.6 Å². The molecule has 0 bridgehead atoms. The Morgan fingerprint density at radius 2 is 1.73 bits per heavy atom. The van der Waals surface area contributed by atoms with Gasteiger partial charge in [0.25, 0.3) is 5.91 Å². The molecular weight excluding hydrogens is 334 g/mol. The number of nitro benzene ring substituents is 1. The minimum Gasteiger partial charge on any atom is -0.502 e. The normalized spacial score (nSPS) is 10.7. The highest BCUT2D eigenvalue weighted by atomic mass is 16.6. The molecule has 0 saturated carbocycles. The average Bonchev–Trinajstić information content (AvgIpc) is 2.64. The second-order valence-corrected chi connectivity index (χ2v) is 5.92. The van der Waals surface area contributed by atoms with Crippen molar-refractivity contribution in [1.29, 1.82) is 0 Å². The van der Waals surface area contributed by atoms with Gasteiger partial charge in [0, 0.05) is 24.7 Å². The number of amides is 1. The molecule has 0 aliphatic rings. The van der Waals surface area contributed by atoms with Gasteiger partial charge in [0.05, 0.1) is 4.92 Å². The van der Waals surface area contributed by atoms with E-state index in [4.69, 9.17) is 0 Å². The zero-order valence-electron chi connectivity index (χ0n) is 14.9. The number of nitro groups is 1. The fourth-order valence-electron chi connectivity index (χ4n) is 2.57. The molecule has 2 aromatic rings. The molecule has 0 unspecified atom stereocenters. The van der Waals surface area contributed by atoms with E-state index in [0.717, 1.165) is 37.3 Å². The zero-order chi connectivity index (χ0) is 19.1. The molecule has 2 rings (SSSR count). The van der Waals surface area contributed by atoms with E-state index in [2.05, 4.69) is 24.1 Å². The lowest BCUT2D eigenvalue weighted by Crippen LogP contribution is -2.23. The van der Waals surface area contributed by atoms with E-state index in [-0.39, 0.29) is 5.56 Å². The van der Waals surface area contributed by atoms with Gasteiger partial charge < -0.3 is 10.4 Å². The summed E-state index contributed by atoms with van der Waals surface area (Å²) in [5.41, 5.74) is 1.91.